The number of benzene rings is 1. The lowest BCUT2D eigenvalue weighted by Gasteiger charge is -2.22. The van der Waals surface area contributed by atoms with Crippen molar-refractivity contribution in [2.45, 2.75) is 25.4 Å². The molecule has 2 heterocycles. The average molecular weight is 276 g/mol. The van der Waals surface area contributed by atoms with Gasteiger partial charge in [-0.05, 0) is 25.0 Å². The van der Waals surface area contributed by atoms with Gasteiger partial charge >= 0.3 is 0 Å². The van der Waals surface area contributed by atoms with Crippen molar-refractivity contribution >= 4 is 0 Å². The normalized spacial score (nSPS) is 19.1. The van der Waals surface area contributed by atoms with E-state index in [1.54, 1.807) is 6.07 Å². The van der Waals surface area contributed by atoms with Crippen molar-refractivity contribution in [1.82, 2.24) is 10.5 Å². The van der Waals surface area contributed by atoms with E-state index in [1.165, 1.54) is 12.1 Å². The number of hydrogen-bond donors (Lipinski definition) is 1. The molecule has 0 spiro atoms. The van der Waals surface area contributed by atoms with E-state index in [0.717, 1.165) is 37.4 Å². The van der Waals surface area contributed by atoms with Gasteiger partial charge in [-0.1, -0.05) is 17.3 Å². The van der Waals surface area contributed by atoms with Gasteiger partial charge in [-0.2, -0.15) is 0 Å². The molecule has 0 amide bonds. The van der Waals surface area contributed by atoms with Crippen LogP contribution >= 0.6 is 0 Å². The van der Waals surface area contributed by atoms with E-state index in [-0.39, 0.29) is 5.82 Å². The molecule has 0 aliphatic carbocycles. The molecule has 0 unspecified atom stereocenters. The number of ether oxygens (including phenoxy) is 1. The largest absolute Gasteiger partial charge is 0.380 e. The molecule has 20 heavy (non-hydrogen) atoms. The molecule has 1 aliphatic rings. The number of hydrogen-bond acceptors (Lipinski definition) is 4. The van der Waals surface area contributed by atoms with E-state index in [0.29, 0.717) is 18.3 Å². The summed E-state index contributed by atoms with van der Waals surface area (Å²) < 4.78 is 23.8. The maximum absolute atomic E-state index is 13.2. The highest BCUT2D eigenvalue weighted by molar-refractivity contribution is 5.58. The molecule has 1 atom stereocenters. The summed E-state index contributed by atoms with van der Waals surface area (Å²) in [4.78, 5) is 0. The third-order valence-corrected chi connectivity index (χ3v) is 3.40. The molecule has 1 N–H and O–H groups in total. The van der Waals surface area contributed by atoms with Gasteiger partial charge in [-0.25, -0.2) is 4.39 Å². The molecular weight excluding hydrogens is 259 g/mol. The van der Waals surface area contributed by atoms with E-state index in [9.17, 15) is 4.39 Å². The van der Waals surface area contributed by atoms with Crippen LogP contribution in [0.2, 0.25) is 0 Å². The quantitative estimate of drug-likeness (QED) is 0.932. The second-order valence-corrected chi connectivity index (χ2v) is 4.98. The van der Waals surface area contributed by atoms with E-state index in [4.69, 9.17) is 9.26 Å². The zero-order chi connectivity index (χ0) is 13.8. The van der Waals surface area contributed by atoms with Gasteiger partial charge in [0, 0.05) is 24.3 Å². The molecule has 1 aromatic carbocycles. The first kappa shape index (κ1) is 13.3. The van der Waals surface area contributed by atoms with Crippen LogP contribution in [-0.2, 0) is 11.3 Å². The van der Waals surface area contributed by atoms with Crippen LogP contribution in [-0.4, -0.2) is 24.4 Å². The minimum atomic E-state index is -0.274. The summed E-state index contributed by atoms with van der Waals surface area (Å²) >= 11 is 0. The number of rotatable bonds is 4. The fraction of sp³-hybridized carbons (Fsp3) is 0.400. The molecule has 1 aromatic heterocycles. The van der Waals surface area contributed by atoms with Gasteiger partial charge in [0.05, 0.1) is 13.2 Å². The highest BCUT2D eigenvalue weighted by Gasteiger charge is 2.14. The van der Waals surface area contributed by atoms with Crippen LogP contribution < -0.4 is 5.32 Å². The molecule has 1 fully saturated rings. The van der Waals surface area contributed by atoms with Crippen molar-refractivity contribution in [3.05, 3.63) is 41.9 Å². The predicted octanol–water partition coefficient (Wildman–Crippen LogP) is 2.75. The maximum atomic E-state index is 13.2. The summed E-state index contributed by atoms with van der Waals surface area (Å²) in [5.41, 5.74) is 1.38. The fourth-order valence-corrected chi connectivity index (χ4v) is 2.33. The van der Waals surface area contributed by atoms with Gasteiger partial charge in [-0.15, -0.1) is 0 Å². The molecule has 0 bridgehead atoms. The van der Waals surface area contributed by atoms with Crippen LogP contribution in [0.3, 0.4) is 0 Å². The Balaban J connectivity index is 1.61. The lowest BCUT2D eigenvalue weighted by Crippen LogP contribution is -2.36. The summed E-state index contributed by atoms with van der Waals surface area (Å²) in [6.07, 6.45) is 2.20. The van der Waals surface area contributed by atoms with E-state index in [2.05, 4.69) is 10.5 Å². The van der Waals surface area contributed by atoms with Gasteiger partial charge in [0.2, 0.25) is 0 Å². The van der Waals surface area contributed by atoms with E-state index >= 15 is 0 Å². The number of nitrogens with one attached hydrogen (secondary N) is 1. The third kappa shape index (κ3) is 3.23. The highest BCUT2D eigenvalue weighted by Crippen LogP contribution is 2.20. The Hall–Kier alpha value is -1.72. The molecule has 2 aromatic rings. The summed E-state index contributed by atoms with van der Waals surface area (Å²) in [6.45, 7) is 2.20. The Morgan fingerprint density at radius 2 is 2.30 bits per heavy atom. The van der Waals surface area contributed by atoms with Crippen LogP contribution in [0.4, 0.5) is 4.39 Å². The van der Waals surface area contributed by atoms with Gasteiger partial charge in [0.15, 0.2) is 5.76 Å². The second-order valence-electron chi connectivity index (χ2n) is 4.98. The molecule has 1 aliphatic heterocycles. The van der Waals surface area contributed by atoms with Crippen LogP contribution in [0, 0.1) is 5.82 Å². The monoisotopic (exact) mass is 276 g/mol. The first-order chi connectivity index (χ1) is 9.81. The van der Waals surface area contributed by atoms with Gasteiger partial charge in [0.1, 0.15) is 11.5 Å². The van der Waals surface area contributed by atoms with Gasteiger partial charge in [-0.3, -0.25) is 0 Å². The summed E-state index contributed by atoms with van der Waals surface area (Å²) in [6, 6.07) is 8.54. The highest BCUT2D eigenvalue weighted by atomic mass is 19.1. The Bertz CT molecular complexity index is 565. The van der Waals surface area contributed by atoms with Crippen molar-refractivity contribution in [3.63, 3.8) is 0 Å². The van der Waals surface area contributed by atoms with Gasteiger partial charge in [0.25, 0.3) is 0 Å². The van der Waals surface area contributed by atoms with Gasteiger partial charge < -0.3 is 14.6 Å². The molecule has 3 rings (SSSR count). The lowest BCUT2D eigenvalue weighted by molar-refractivity contribution is 0.0691. The molecule has 0 radical (unpaired) electrons. The van der Waals surface area contributed by atoms with Crippen molar-refractivity contribution in [1.29, 1.82) is 0 Å². The topological polar surface area (TPSA) is 47.3 Å². The molecular formula is C15H17FN2O2. The van der Waals surface area contributed by atoms with Crippen LogP contribution in [0.5, 0.6) is 0 Å². The lowest BCUT2D eigenvalue weighted by atomic mass is 10.1. The summed E-state index contributed by atoms with van der Waals surface area (Å²) in [7, 11) is 0. The molecule has 1 saturated heterocycles. The van der Waals surface area contributed by atoms with Crippen LogP contribution in [0.15, 0.2) is 34.9 Å². The Morgan fingerprint density at radius 1 is 1.35 bits per heavy atom. The van der Waals surface area contributed by atoms with Crippen LogP contribution in [0.25, 0.3) is 11.3 Å². The first-order valence-electron chi connectivity index (χ1n) is 6.84. The predicted molar refractivity (Wildman–Crippen MR) is 72.6 cm³/mol. The molecule has 4 nitrogen and oxygen atoms in total. The minimum Gasteiger partial charge on any atom is -0.380 e. The smallest absolute Gasteiger partial charge is 0.151 e. The number of halogens is 1. The van der Waals surface area contributed by atoms with Crippen molar-refractivity contribution in [2.24, 2.45) is 0 Å². The van der Waals surface area contributed by atoms with Crippen molar-refractivity contribution in [3.8, 4) is 11.3 Å². The zero-order valence-corrected chi connectivity index (χ0v) is 11.1. The Labute approximate surface area is 116 Å². The summed E-state index contributed by atoms with van der Waals surface area (Å²) in [5, 5.41) is 7.36. The SMILES string of the molecule is Fc1cccc(-c2cc(CN[C@@H]3CCCOC3)on2)c1. The van der Waals surface area contributed by atoms with E-state index < -0.39 is 0 Å². The maximum Gasteiger partial charge on any atom is 0.151 e. The Morgan fingerprint density at radius 3 is 3.10 bits per heavy atom. The minimum absolute atomic E-state index is 0.274. The number of nitrogens with zero attached hydrogens (tertiary/aromatic N) is 1. The Kier molecular flexibility index (Phi) is 4.08. The van der Waals surface area contributed by atoms with Crippen molar-refractivity contribution in [2.75, 3.05) is 13.2 Å². The first-order valence-corrected chi connectivity index (χ1v) is 6.84. The fourth-order valence-electron chi connectivity index (χ4n) is 2.33. The third-order valence-electron chi connectivity index (χ3n) is 3.40. The molecule has 5 heteroatoms. The molecule has 0 saturated carbocycles. The van der Waals surface area contributed by atoms with Crippen LogP contribution in [0.1, 0.15) is 18.6 Å². The standard InChI is InChI=1S/C15H17FN2O2/c16-12-4-1-3-11(7-12)15-8-14(20-18-15)9-17-13-5-2-6-19-10-13/h1,3-4,7-8,13,17H,2,5-6,9-10H2/t13-/m1/s1. The number of aromatic nitrogens is 1. The molecule has 106 valence electrons. The van der Waals surface area contributed by atoms with E-state index in [1.807, 2.05) is 12.1 Å². The van der Waals surface area contributed by atoms with Crippen molar-refractivity contribution < 1.29 is 13.7 Å². The zero-order valence-electron chi connectivity index (χ0n) is 11.1. The summed E-state index contributed by atoms with van der Waals surface area (Å²) in [5.74, 6) is 0.472. The second kappa shape index (κ2) is 6.15. The average Bonchev–Trinajstić information content (AvgIpc) is 2.95.